The molecular formula is C11H6ClF4N3O. The molecule has 0 atom stereocenters. The van der Waals surface area contributed by atoms with Crippen LogP contribution >= 0.6 is 11.6 Å². The summed E-state index contributed by atoms with van der Waals surface area (Å²) >= 11 is 5.51. The van der Waals surface area contributed by atoms with Crippen molar-refractivity contribution in [2.75, 3.05) is 5.73 Å². The van der Waals surface area contributed by atoms with Gasteiger partial charge in [-0.1, -0.05) is 0 Å². The van der Waals surface area contributed by atoms with Gasteiger partial charge in [0.15, 0.2) is 0 Å². The van der Waals surface area contributed by atoms with Gasteiger partial charge in [-0.25, -0.2) is 9.37 Å². The number of hydrogen-bond donors (Lipinski definition) is 1. The van der Waals surface area contributed by atoms with Gasteiger partial charge in [-0.15, -0.1) is 0 Å². The molecule has 0 saturated heterocycles. The van der Waals surface area contributed by atoms with Crippen LogP contribution in [0.2, 0.25) is 5.28 Å². The van der Waals surface area contributed by atoms with Crippen LogP contribution in [0.25, 0.3) is 0 Å². The molecule has 1 aromatic heterocycles. The van der Waals surface area contributed by atoms with Crippen molar-refractivity contribution in [3.8, 4) is 11.6 Å². The van der Waals surface area contributed by atoms with Crippen molar-refractivity contribution in [3.63, 3.8) is 0 Å². The zero-order chi connectivity index (χ0) is 14.9. The highest BCUT2D eigenvalue weighted by Crippen LogP contribution is 2.35. The van der Waals surface area contributed by atoms with Crippen molar-refractivity contribution in [2.24, 2.45) is 0 Å². The van der Waals surface area contributed by atoms with Crippen LogP contribution in [0.4, 0.5) is 23.2 Å². The molecular weight excluding hydrogens is 302 g/mol. The smallest absolute Gasteiger partial charge is 0.419 e. The van der Waals surface area contributed by atoms with E-state index < -0.39 is 17.6 Å². The maximum absolute atomic E-state index is 13.1. The molecule has 2 rings (SSSR count). The summed E-state index contributed by atoms with van der Waals surface area (Å²) in [7, 11) is 0. The Balaban J connectivity index is 2.37. The van der Waals surface area contributed by atoms with E-state index in [1.807, 2.05) is 0 Å². The molecule has 2 aromatic rings. The van der Waals surface area contributed by atoms with Crippen molar-refractivity contribution in [1.82, 2.24) is 9.97 Å². The maximum atomic E-state index is 13.1. The number of hydrogen-bond acceptors (Lipinski definition) is 4. The third-order valence-corrected chi connectivity index (χ3v) is 2.39. The van der Waals surface area contributed by atoms with Crippen LogP contribution in [-0.2, 0) is 6.18 Å². The van der Waals surface area contributed by atoms with Crippen molar-refractivity contribution >= 4 is 17.3 Å². The number of nitrogen functional groups attached to an aromatic ring is 1. The normalized spacial score (nSPS) is 11.4. The summed E-state index contributed by atoms with van der Waals surface area (Å²) in [5.41, 5.74) is 4.01. The van der Waals surface area contributed by atoms with Gasteiger partial charge >= 0.3 is 6.18 Å². The molecule has 0 aliphatic rings. The van der Waals surface area contributed by atoms with E-state index in [0.717, 1.165) is 12.3 Å². The highest BCUT2D eigenvalue weighted by atomic mass is 35.5. The quantitative estimate of drug-likeness (QED) is 0.679. The van der Waals surface area contributed by atoms with Crippen LogP contribution in [0.5, 0.6) is 11.6 Å². The van der Waals surface area contributed by atoms with Gasteiger partial charge in [0.2, 0.25) is 11.2 Å². The standard InChI is InChI=1S/C11H6ClF4N3O/c12-10-18-4-8(17)9(19-10)20-5-1-2-7(13)6(3-5)11(14,15)16/h1-4H,17H2. The van der Waals surface area contributed by atoms with E-state index in [2.05, 4.69) is 9.97 Å². The first-order chi connectivity index (χ1) is 9.27. The fourth-order valence-corrected chi connectivity index (χ4v) is 1.46. The van der Waals surface area contributed by atoms with Gasteiger partial charge in [0, 0.05) is 0 Å². The zero-order valence-electron chi connectivity index (χ0n) is 9.58. The first kappa shape index (κ1) is 14.3. The van der Waals surface area contributed by atoms with Crippen molar-refractivity contribution in [3.05, 3.63) is 41.1 Å². The van der Waals surface area contributed by atoms with Gasteiger partial charge in [0.25, 0.3) is 0 Å². The molecule has 20 heavy (non-hydrogen) atoms. The Labute approximate surface area is 115 Å². The molecule has 0 bridgehead atoms. The molecule has 106 valence electrons. The lowest BCUT2D eigenvalue weighted by Gasteiger charge is -2.11. The molecule has 0 saturated carbocycles. The van der Waals surface area contributed by atoms with Crippen LogP contribution in [0.3, 0.4) is 0 Å². The molecule has 0 aliphatic heterocycles. The molecule has 0 amide bonds. The number of aromatic nitrogens is 2. The molecule has 0 spiro atoms. The summed E-state index contributed by atoms with van der Waals surface area (Å²) in [5, 5.41) is -0.188. The largest absolute Gasteiger partial charge is 0.437 e. The van der Waals surface area contributed by atoms with Gasteiger partial charge in [-0.2, -0.15) is 18.2 Å². The Morgan fingerprint density at radius 1 is 1.25 bits per heavy atom. The molecule has 4 nitrogen and oxygen atoms in total. The van der Waals surface area contributed by atoms with Gasteiger partial charge in [0.1, 0.15) is 17.3 Å². The monoisotopic (exact) mass is 307 g/mol. The summed E-state index contributed by atoms with van der Waals surface area (Å²) in [6.07, 6.45) is -3.70. The predicted molar refractivity (Wildman–Crippen MR) is 62.9 cm³/mol. The summed E-state index contributed by atoms with van der Waals surface area (Å²) in [6.45, 7) is 0. The molecule has 2 N–H and O–H groups in total. The molecule has 1 aromatic carbocycles. The Hall–Kier alpha value is -2.09. The highest BCUT2D eigenvalue weighted by molar-refractivity contribution is 6.28. The van der Waals surface area contributed by atoms with E-state index in [1.165, 1.54) is 0 Å². The number of halogens is 5. The topological polar surface area (TPSA) is 61.0 Å². The lowest BCUT2D eigenvalue weighted by atomic mass is 10.2. The van der Waals surface area contributed by atoms with Crippen LogP contribution in [0.1, 0.15) is 5.56 Å². The summed E-state index contributed by atoms with van der Waals surface area (Å²) in [6, 6.07) is 2.15. The Morgan fingerprint density at radius 2 is 1.95 bits per heavy atom. The van der Waals surface area contributed by atoms with E-state index in [-0.39, 0.29) is 22.6 Å². The lowest BCUT2D eigenvalue weighted by Crippen LogP contribution is -2.08. The van der Waals surface area contributed by atoms with Crippen LogP contribution < -0.4 is 10.5 Å². The van der Waals surface area contributed by atoms with E-state index >= 15 is 0 Å². The van der Waals surface area contributed by atoms with E-state index in [1.54, 1.807) is 0 Å². The fourth-order valence-electron chi connectivity index (χ4n) is 1.33. The van der Waals surface area contributed by atoms with Gasteiger partial charge < -0.3 is 10.5 Å². The number of anilines is 1. The van der Waals surface area contributed by atoms with E-state index in [0.29, 0.717) is 12.1 Å². The first-order valence-electron chi connectivity index (χ1n) is 5.10. The van der Waals surface area contributed by atoms with Gasteiger partial charge in [-0.05, 0) is 29.8 Å². The molecule has 9 heteroatoms. The second kappa shape index (κ2) is 5.12. The predicted octanol–water partition coefficient (Wildman–Crippen LogP) is 3.66. The zero-order valence-corrected chi connectivity index (χ0v) is 10.3. The average molecular weight is 308 g/mol. The minimum Gasteiger partial charge on any atom is -0.437 e. The first-order valence-corrected chi connectivity index (χ1v) is 5.48. The van der Waals surface area contributed by atoms with Gasteiger partial charge in [0.05, 0.1) is 11.8 Å². The third-order valence-electron chi connectivity index (χ3n) is 2.21. The number of alkyl halides is 3. The number of rotatable bonds is 2. The summed E-state index contributed by atoms with van der Waals surface area (Å²) in [5.74, 6) is -1.90. The van der Waals surface area contributed by atoms with Crippen LogP contribution in [-0.4, -0.2) is 9.97 Å². The Bertz CT molecular complexity index is 648. The maximum Gasteiger partial charge on any atom is 0.419 e. The second-order valence-electron chi connectivity index (χ2n) is 3.64. The number of benzene rings is 1. The fraction of sp³-hybridized carbons (Fsp3) is 0.0909. The molecule has 0 fully saturated rings. The van der Waals surface area contributed by atoms with Crippen molar-refractivity contribution < 1.29 is 22.3 Å². The van der Waals surface area contributed by atoms with Crippen molar-refractivity contribution in [2.45, 2.75) is 6.18 Å². The highest BCUT2D eigenvalue weighted by Gasteiger charge is 2.34. The molecule has 0 unspecified atom stereocenters. The third kappa shape index (κ3) is 3.08. The van der Waals surface area contributed by atoms with Gasteiger partial charge in [-0.3, -0.25) is 0 Å². The Kier molecular flexibility index (Phi) is 3.67. The second-order valence-corrected chi connectivity index (χ2v) is 3.98. The van der Waals surface area contributed by atoms with E-state index in [4.69, 9.17) is 22.1 Å². The lowest BCUT2D eigenvalue weighted by molar-refractivity contribution is -0.140. The van der Waals surface area contributed by atoms with Crippen LogP contribution in [0, 0.1) is 5.82 Å². The van der Waals surface area contributed by atoms with Crippen molar-refractivity contribution in [1.29, 1.82) is 0 Å². The minimum absolute atomic E-state index is 0.0210. The molecule has 1 heterocycles. The molecule has 0 aliphatic carbocycles. The van der Waals surface area contributed by atoms with Crippen LogP contribution in [0.15, 0.2) is 24.4 Å². The average Bonchev–Trinajstić information content (AvgIpc) is 2.35. The minimum atomic E-state index is -4.84. The Morgan fingerprint density at radius 3 is 2.60 bits per heavy atom. The van der Waals surface area contributed by atoms with E-state index in [9.17, 15) is 17.6 Å². The molecule has 0 radical (unpaired) electrons. The number of ether oxygens (including phenoxy) is 1. The summed E-state index contributed by atoms with van der Waals surface area (Å²) in [4.78, 5) is 7.18. The summed E-state index contributed by atoms with van der Waals surface area (Å²) < 4.78 is 55.8. The number of nitrogens with two attached hydrogens (primary N) is 1. The SMILES string of the molecule is Nc1cnc(Cl)nc1Oc1ccc(F)c(C(F)(F)F)c1. The number of nitrogens with zero attached hydrogens (tertiary/aromatic N) is 2.